The number of esters is 1. The van der Waals surface area contributed by atoms with Gasteiger partial charge in [-0.3, -0.25) is 4.79 Å². The highest BCUT2D eigenvalue weighted by Gasteiger charge is 2.20. The Labute approximate surface area is 133 Å². The van der Waals surface area contributed by atoms with E-state index in [9.17, 15) is 9.59 Å². The topological polar surface area (TPSA) is 107 Å². The van der Waals surface area contributed by atoms with E-state index in [-0.39, 0.29) is 29.9 Å². The van der Waals surface area contributed by atoms with Gasteiger partial charge in [-0.05, 0) is 18.4 Å². The van der Waals surface area contributed by atoms with Gasteiger partial charge in [0.15, 0.2) is 6.61 Å². The predicted molar refractivity (Wildman–Crippen MR) is 83.8 cm³/mol. The number of ether oxygens (including phenoxy) is 1. The number of carbonyl (C=O) groups excluding carboxylic acids is 2. The molecule has 3 N–H and O–H groups in total. The number of amides is 1. The van der Waals surface area contributed by atoms with Crippen LogP contribution in [0.4, 0.5) is 5.88 Å². The van der Waals surface area contributed by atoms with Gasteiger partial charge in [0.05, 0.1) is 5.69 Å². The van der Waals surface area contributed by atoms with Crippen molar-refractivity contribution in [2.45, 2.75) is 19.8 Å². The largest absolute Gasteiger partial charge is 0.452 e. The van der Waals surface area contributed by atoms with Gasteiger partial charge in [0, 0.05) is 6.54 Å². The van der Waals surface area contributed by atoms with Gasteiger partial charge in [-0.2, -0.15) is 0 Å². The molecule has 0 aliphatic rings. The van der Waals surface area contributed by atoms with E-state index in [0.717, 1.165) is 5.56 Å². The van der Waals surface area contributed by atoms with Gasteiger partial charge in [-0.15, -0.1) is 0 Å². The molecule has 1 heterocycles. The number of nitrogens with two attached hydrogens (primary N) is 1. The molecule has 0 unspecified atom stereocenters. The predicted octanol–water partition coefficient (Wildman–Crippen LogP) is 1.64. The Balaban J connectivity index is 1.78. The first-order chi connectivity index (χ1) is 11.0. The fraction of sp³-hybridized carbons (Fsp3) is 0.312. The van der Waals surface area contributed by atoms with Crippen LogP contribution in [0.15, 0.2) is 34.9 Å². The molecule has 23 heavy (non-hydrogen) atoms. The van der Waals surface area contributed by atoms with Crippen molar-refractivity contribution in [1.82, 2.24) is 10.5 Å². The molecule has 0 spiro atoms. The molecule has 7 nitrogen and oxygen atoms in total. The number of nitrogens with one attached hydrogen (secondary N) is 1. The van der Waals surface area contributed by atoms with E-state index in [2.05, 4.69) is 15.0 Å². The van der Waals surface area contributed by atoms with Crippen molar-refractivity contribution in [2.24, 2.45) is 0 Å². The molecule has 0 radical (unpaired) electrons. The summed E-state index contributed by atoms with van der Waals surface area (Å²) in [6.45, 7) is 3.64. The van der Waals surface area contributed by atoms with Crippen molar-refractivity contribution in [1.29, 1.82) is 0 Å². The number of aromatic nitrogens is 1. The second-order valence-electron chi connectivity index (χ2n) is 5.20. The molecule has 0 bridgehead atoms. The third-order valence-electron chi connectivity index (χ3n) is 3.40. The standard InChI is InChI=1S/C16H19N3O4/c1-10(12-6-4-3-5-7-12)8-18-13(20)9-22-16(21)14-11(2)19-23-15(14)17/h3-7,10H,8-9,17H2,1-2H3,(H,18,20)/t10-/m0/s1. The SMILES string of the molecule is Cc1noc(N)c1C(=O)OCC(=O)NC[C@H](C)c1ccccc1. The quantitative estimate of drug-likeness (QED) is 0.784. The number of hydrogen-bond acceptors (Lipinski definition) is 6. The van der Waals surface area contributed by atoms with Gasteiger partial charge >= 0.3 is 5.97 Å². The van der Waals surface area contributed by atoms with Crippen LogP contribution in [0.2, 0.25) is 0 Å². The van der Waals surface area contributed by atoms with Crippen LogP contribution in [0.1, 0.15) is 34.5 Å². The van der Waals surface area contributed by atoms with Crippen molar-refractivity contribution in [2.75, 3.05) is 18.9 Å². The summed E-state index contributed by atoms with van der Waals surface area (Å²) in [6, 6.07) is 9.82. The molecule has 1 aromatic heterocycles. The summed E-state index contributed by atoms with van der Waals surface area (Å²) < 4.78 is 9.59. The first-order valence-electron chi connectivity index (χ1n) is 7.19. The van der Waals surface area contributed by atoms with Gasteiger partial charge < -0.3 is 20.3 Å². The lowest BCUT2D eigenvalue weighted by molar-refractivity contribution is -0.124. The number of aryl methyl sites for hydroxylation is 1. The normalized spacial score (nSPS) is 11.7. The lowest BCUT2D eigenvalue weighted by Crippen LogP contribution is -2.31. The van der Waals surface area contributed by atoms with E-state index in [1.54, 1.807) is 6.92 Å². The van der Waals surface area contributed by atoms with Crippen LogP contribution in [0.3, 0.4) is 0 Å². The van der Waals surface area contributed by atoms with Crippen LogP contribution in [0.25, 0.3) is 0 Å². The molecule has 0 saturated carbocycles. The zero-order valence-corrected chi connectivity index (χ0v) is 13.0. The molecule has 1 aromatic carbocycles. The molecular weight excluding hydrogens is 298 g/mol. The minimum absolute atomic E-state index is 0.0513. The molecule has 2 rings (SSSR count). The fourth-order valence-electron chi connectivity index (χ4n) is 2.06. The van der Waals surface area contributed by atoms with Crippen molar-refractivity contribution in [3.63, 3.8) is 0 Å². The minimum atomic E-state index is -0.729. The van der Waals surface area contributed by atoms with E-state index in [0.29, 0.717) is 12.2 Å². The van der Waals surface area contributed by atoms with Crippen LogP contribution in [0, 0.1) is 6.92 Å². The molecule has 0 aliphatic heterocycles. The Bertz CT molecular complexity index is 662. The molecular formula is C16H19N3O4. The van der Waals surface area contributed by atoms with Crippen molar-refractivity contribution >= 4 is 17.8 Å². The summed E-state index contributed by atoms with van der Waals surface area (Å²) in [5.74, 6) is -1.07. The molecule has 2 aromatic rings. The number of hydrogen-bond donors (Lipinski definition) is 2. The fourth-order valence-corrected chi connectivity index (χ4v) is 2.06. The summed E-state index contributed by atoms with van der Waals surface area (Å²) in [7, 11) is 0. The average molecular weight is 317 g/mol. The molecule has 0 fully saturated rings. The Morgan fingerprint density at radius 3 is 2.65 bits per heavy atom. The number of rotatable bonds is 6. The van der Waals surface area contributed by atoms with Gasteiger partial charge in [0.1, 0.15) is 5.56 Å². The van der Waals surface area contributed by atoms with E-state index < -0.39 is 5.97 Å². The van der Waals surface area contributed by atoms with E-state index in [1.807, 2.05) is 37.3 Å². The highest BCUT2D eigenvalue weighted by atomic mass is 16.5. The molecule has 0 saturated heterocycles. The summed E-state index contributed by atoms with van der Waals surface area (Å²) in [4.78, 5) is 23.6. The van der Waals surface area contributed by atoms with Crippen LogP contribution < -0.4 is 11.1 Å². The van der Waals surface area contributed by atoms with Crippen LogP contribution in [-0.4, -0.2) is 30.2 Å². The third-order valence-corrected chi connectivity index (χ3v) is 3.40. The molecule has 122 valence electrons. The number of nitrogens with zero attached hydrogens (tertiary/aromatic N) is 1. The Hall–Kier alpha value is -2.83. The van der Waals surface area contributed by atoms with Gasteiger partial charge in [0.2, 0.25) is 5.88 Å². The van der Waals surface area contributed by atoms with E-state index in [4.69, 9.17) is 10.5 Å². The number of carbonyl (C=O) groups is 2. The number of nitrogen functional groups attached to an aromatic ring is 1. The maximum absolute atomic E-state index is 11.8. The Kier molecular flexibility index (Phi) is 5.35. The number of anilines is 1. The lowest BCUT2D eigenvalue weighted by atomic mass is 10.0. The summed E-state index contributed by atoms with van der Waals surface area (Å²) in [5, 5.41) is 6.28. The molecule has 7 heteroatoms. The average Bonchev–Trinajstić information content (AvgIpc) is 2.90. The summed E-state index contributed by atoms with van der Waals surface area (Å²) >= 11 is 0. The third kappa shape index (κ3) is 4.32. The first-order valence-corrected chi connectivity index (χ1v) is 7.19. The Morgan fingerprint density at radius 2 is 2.04 bits per heavy atom. The smallest absolute Gasteiger partial charge is 0.346 e. The highest BCUT2D eigenvalue weighted by Crippen LogP contribution is 2.16. The zero-order chi connectivity index (χ0) is 16.8. The summed E-state index contributed by atoms with van der Waals surface area (Å²) in [5.41, 5.74) is 6.98. The van der Waals surface area contributed by atoms with Crippen LogP contribution >= 0.6 is 0 Å². The van der Waals surface area contributed by atoms with Gasteiger partial charge in [0.25, 0.3) is 5.91 Å². The van der Waals surface area contributed by atoms with Crippen molar-refractivity contribution in [3.05, 3.63) is 47.2 Å². The van der Waals surface area contributed by atoms with Crippen LogP contribution in [0.5, 0.6) is 0 Å². The van der Waals surface area contributed by atoms with Gasteiger partial charge in [-0.25, -0.2) is 4.79 Å². The second kappa shape index (κ2) is 7.44. The maximum Gasteiger partial charge on any atom is 0.346 e. The van der Waals surface area contributed by atoms with Crippen molar-refractivity contribution in [3.8, 4) is 0 Å². The summed E-state index contributed by atoms with van der Waals surface area (Å²) in [6.07, 6.45) is 0. The van der Waals surface area contributed by atoms with E-state index in [1.165, 1.54) is 0 Å². The monoisotopic (exact) mass is 317 g/mol. The molecule has 0 aliphatic carbocycles. The number of benzene rings is 1. The van der Waals surface area contributed by atoms with Gasteiger partial charge in [-0.1, -0.05) is 42.4 Å². The molecule has 1 atom stereocenters. The lowest BCUT2D eigenvalue weighted by Gasteiger charge is -2.13. The van der Waals surface area contributed by atoms with Crippen molar-refractivity contribution < 1.29 is 18.8 Å². The highest BCUT2D eigenvalue weighted by molar-refractivity contribution is 5.96. The van der Waals surface area contributed by atoms with E-state index >= 15 is 0 Å². The maximum atomic E-state index is 11.8. The minimum Gasteiger partial charge on any atom is -0.452 e. The first kappa shape index (κ1) is 16.5. The zero-order valence-electron chi connectivity index (χ0n) is 13.0. The molecule has 1 amide bonds. The second-order valence-corrected chi connectivity index (χ2v) is 5.20. The Morgan fingerprint density at radius 1 is 1.35 bits per heavy atom. The van der Waals surface area contributed by atoms with Crippen LogP contribution in [-0.2, 0) is 9.53 Å².